The Bertz CT molecular complexity index is 1440. The van der Waals surface area contributed by atoms with Crippen molar-refractivity contribution in [2.24, 2.45) is 0 Å². The van der Waals surface area contributed by atoms with Gasteiger partial charge in [0.1, 0.15) is 12.7 Å². The molecule has 0 rings (SSSR count). The number of hydrogen-bond donors (Lipinski definition) is 4. The molecule has 348 valence electrons. The number of aliphatic hydroxyl groups excluding tert-OH is 1. The zero-order valence-corrected chi connectivity index (χ0v) is 38.5. The number of carbonyl (C=O) groups is 2. The first-order chi connectivity index (χ1) is 29.4. The lowest BCUT2D eigenvalue weighted by atomic mass is 10.1. The van der Waals surface area contributed by atoms with Gasteiger partial charge in [-0.2, -0.15) is 0 Å². The molecule has 0 spiro atoms. The summed E-state index contributed by atoms with van der Waals surface area (Å²) in [5, 5.41) is 9.74. The SMILES string of the molecule is CC/C=C\C/C=C\C/C=C\CCCCCCCC(=O)OC[C@H](COP(=O)(O)OC[C@@H](O)COP(=O)(O)O)OC(=O)CC/C=C\C/C=C\C/C=C\C/C=C\C/C=C\CCCCC. The van der Waals surface area contributed by atoms with E-state index >= 15 is 0 Å². The van der Waals surface area contributed by atoms with Crippen molar-refractivity contribution in [1.29, 1.82) is 0 Å². The summed E-state index contributed by atoms with van der Waals surface area (Å²) in [6, 6.07) is 0. The van der Waals surface area contributed by atoms with Crippen LogP contribution in [0, 0.1) is 0 Å². The van der Waals surface area contributed by atoms with E-state index in [1.165, 1.54) is 19.3 Å². The average molecular weight is 899 g/mol. The number of ether oxygens (including phenoxy) is 2. The first-order valence-corrected chi connectivity index (χ1v) is 25.0. The topological polar surface area (TPSA) is 195 Å². The molecular weight excluding hydrogens is 822 g/mol. The van der Waals surface area contributed by atoms with Crippen molar-refractivity contribution in [1.82, 2.24) is 0 Å². The number of phosphoric acid groups is 2. The number of esters is 2. The second-order valence-corrected chi connectivity index (χ2v) is 16.9. The van der Waals surface area contributed by atoms with Crippen LogP contribution in [-0.2, 0) is 41.8 Å². The molecule has 1 unspecified atom stereocenters. The van der Waals surface area contributed by atoms with Crippen LogP contribution in [0.3, 0.4) is 0 Å². The summed E-state index contributed by atoms with van der Waals surface area (Å²) in [4.78, 5) is 52.7. The third-order valence-corrected chi connectivity index (χ3v) is 9.90. The van der Waals surface area contributed by atoms with Gasteiger partial charge in [-0.3, -0.25) is 23.2 Å². The number of aliphatic hydroxyl groups is 1. The summed E-state index contributed by atoms with van der Waals surface area (Å²) < 4.78 is 47.7. The Morgan fingerprint density at radius 3 is 1.46 bits per heavy atom. The van der Waals surface area contributed by atoms with E-state index in [4.69, 9.17) is 23.8 Å². The number of phosphoric ester groups is 2. The minimum absolute atomic E-state index is 0.00159. The maximum absolute atomic E-state index is 12.6. The molecule has 0 aliphatic rings. The van der Waals surface area contributed by atoms with Gasteiger partial charge >= 0.3 is 27.6 Å². The van der Waals surface area contributed by atoms with E-state index in [1.807, 2.05) is 18.2 Å². The van der Waals surface area contributed by atoms with Crippen LogP contribution >= 0.6 is 15.6 Å². The quantitative estimate of drug-likeness (QED) is 0.0196. The highest BCUT2D eigenvalue weighted by molar-refractivity contribution is 7.47. The van der Waals surface area contributed by atoms with Crippen molar-refractivity contribution < 1.29 is 61.6 Å². The number of unbranched alkanes of at least 4 members (excludes halogenated alkanes) is 8. The van der Waals surface area contributed by atoms with Crippen LogP contribution in [-0.4, -0.2) is 70.4 Å². The molecule has 61 heavy (non-hydrogen) atoms. The predicted molar refractivity (Wildman–Crippen MR) is 243 cm³/mol. The van der Waals surface area contributed by atoms with Gasteiger partial charge in [-0.05, 0) is 83.5 Å². The van der Waals surface area contributed by atoms with Crippen LogP contribution in [0.4, 0.5) is 0 Å². The number of hydrogen-bond acceptors (Lipinski definition) is 10. The zero-order chi connectivity index (χ0) is 45.1. The maximum Gasteiger partial charge on any atom is 0.472 e. The van der Waals surface area contributed by atoms with Crippen LogP contribution in [0.25, 0.3) is 0 Å². The van der Waals surface area contributed by atoms with Gasteiger partial charge < -0.3 is 29.3 Å². The highest BCUT2D eigenvalue weighted by atomic mass is 31.2. The number of rotatable bonds is 40. The van der Waals surface area contributed by atoms with Gasteiger partial charge in [0.05, 0.1) is 19.8 Å². The molecular formula is C46H76O13P2. The zero-order valence-electron chi connectivity index (χ0n) is 36.7. The van der Waals surface area contributed by atoms with Crippen molar-refractivity contribution in [3.63, 3.8) is 0 Å². The van der Waals surface area contributed by atoms with Gasteiger partial charge in [0.15, 0.2) is 6.10 Å². The van der Waals surface area contributed by atoms with Gasteiger partial charge in [0.2, 0.25) is 0 Å². The Morgan fingerprint density at radius 1 is 0.492 bits per heavy atom. The Morgan fingerprint density at radius 2 is 0.934 bits per heavy atom. The summed E-state index contributed by atoms with van der Waals surface area (Å²) in [5.74, 6) is -1.16. The van der Waals surface area contributed by atoms with Crippen LogP contribution in [0.15, 0.2) is 97.2 Å². The van der Waals surface area contributed by atoms with Crippen molar-refractivity contribution in [2.75, 3.05) is 26.4 Å². The Kier molecular flexibility index (Phi) is 39.1. The van der Waals surface area contributed by atoms with E-state index in [9.17, 15) is 28.7 Å². The molecule has 0 fully saturated rings. The Hall–Kier alpha value is -2.96. The van der Waals surface area contributed by atoms with Gasteiger partial charge in [-0.25, -0.2) is 9.13 Å². The summed E-state index contributed by atoms with van der Waals surface area (Å²) in [5.41, 5.74) is 0. The molecule has 0 aromatic rings. The highest BCUT2D eigenvalue weighted by Crippen LogP contribution is 2.43. The maximum atomic E-state index is 12.6. The summed E-state index contributed by atoms with van der Waals surface area (Å²) in [6.07, 6.45) is 48.4. The van der Waals surface area contributed by atoms with Crippen molar-refractivity contribution >= 4 is 27.6 Å². The van der Waals surface area contributed by atoms with Gasteiger partial charge in [-0.1, -0.05) is 143 Å². The standard InChI is InChI=1S/C46H76O13P2/c1-3-5-7-9-11-13-15-17-19-20-21-22-24-26-28-30-32-34-36-38-46(49)59-44(42-58-61(53,54)57-40-43(47)39-56-60(50,51)52)41-55-45(48)37-35-33-31-29-27-25-23-18-16-14-12-10-8-6-4-2/h6,8,11-14,17-19,21-23,26,28,32,34,43-44,47H,3-5,7,9-10,15-16,20,24-25,27,29-31,33,35-42H2,1-2H3,(H,53,54)(H2,50,51,52)/b8-6-,13-11-,14-12-,19-17-,22-21-,23-18-,28-26-,34-32-/t43-,44+/m0/s1. The van der Waals surface area contributed by atoms with E-state index in [1.54, 1.807) is 0 Å². The second-order valence-electron chi connectivity index (χ2n) is 14.2. The molecule has 0 bridgehead atoms. The van der Waals surface area contributed by atoms with Crippen LogP contribution in [0.1, 0.15) is 142 Å². The van der Waals surface area contributed by atoms with E-state index in [2.05, 4.69) is 102 Å². The van der Waals surface area contributed by atoms with Crippen molar-refractivity contribution in [2.45, 2.75) is 154 Å². The monoisotopic (exact) mass is 898 g/mol. The number of allylic oxidation sites excluding steroid dienone is 16. The normalized spacial score (nSPS) is 14.9. The summed E-state index contributed by atoms with van der Waals surface area (Å²) in [6.45, 7) is 1.50. The molecule has 0 amide bonds. The first-order valence-electron chi connectivity index (χ1n) is 21.9. The second kappa shape index (κ2) is 41.1. The molecule has 4 N–H and O–H groups in total. The van der Waals surface area contributed by atoms with Crippen LogP contribution in [0.5, 0.6) is 0 Å². The molecule has 0 aliphatic heterocycles. The first kappa shape index (κ1) is 58.0. The minimum Gasteiger partial charge on any atom is -0.462 e. The molecule has 0 aromatic heterocycles. The third-order valence-electron chi connectivity index (χ3n) is 8.46. The Balaban J connectivity index is 4.69. The van der Waals surface area contributed by atoms with Gasteiger partial charge in [-0.15, -0.1) is 0 Å². The lowest BCUT2D eigenvalue weighted by Crippen LogP contribution is -2.29. The highest BCUT2D eigenvalue weighted by Gasteiger charge is 2.28. The van der Waals surface area contributed by atoms with Crippen molar-refractivity contribution in [3.8, 4) is 0 Å². The van der Waals surface area contributed by atoms with Crippen molar-refractivity contribution in [3.05, 3.63) is 97.2 Å². The van der Waals surface area contributed by atoms with Crippen LogP contribution in [0.2, 0.25) is 0 Å². The summed E-state index contributed by atoms with van der Waals surface area (Å²) >= 11 is 0. The molecule has 0 saturated heterocycles. The third kappa shape index (κ3) is 44.9. The van der Waals surface area contributed by atoms with E-state index in [0.717, 1.165) is 77.0 Å². The molecule has 0 aromatic carbocycles. The van der Waals surface area contributed by atoms with E-state index in [-0.39, 0.29) is 12.8 Å². The predicted octanol–water partition coefficient (Wildman–Crippen LogP) is 11.3. The van der Waals surface area contributed by atoms with E-state index in [0.29, 0.717) is 19.3 Å². The average Bonchev–Trinajstić information content (AvgIpc) is 3.22. The fourth-order valence-electron chi connectivity index (χ4n) is 5.17. The molecule has 0 saturated carbocycles. The molecule has 15 heteroatoms. The molecule has 0 radical (unpaired) electrons. The fourth-order valence-corrected chi connectivity index (χ4v) is 6.32. The van der Waals surface area contributed by atoms with Crippen LogP contribution < -0.4 is 0 Å². The Labute approximate surface area is 366 Å². The van der Waals surface area contributed by atoms with Gasteiger partial charge in [0.25, 0.3) is 0 Å². The lowest BCUT2D eigenvalue weighted by Gasteiger charge is -2.20. The summed E-state index contributed by atoms with van der Waals surface area (Å²) in [7, 11) is -9.71. The number of carbonyl (C=O) groups excluding carboxylic acids is 2. The van der Waals surface area contributed by atoms with E-state index < -0.39 is 66.2 Å². The fraction of sp³-hybridized carbons (Fsp3) is 0.609. The minimum atomic E-state index is -4.88. The lowest BCUT2D eigenvalue weighted by molar-refractivity contribution is -0.161. The van der Waals surface area contributed by atoms with Gasteiger partial charge in [0, 0.05) is 12.8 Å². The molecule has 0 heterocycles. The molecule has 3 atom stereocenters. The largest absolute Gasteiger partial charge is 0.472 e. The smallest absolute Gasteiger partial charge is 0.462 e. The molecule has 0 aliphatic carbocycles. The molecule has 13 nitrogen and oxygen atoms in total.